The predicted octanol–water partition coefficient (Wildman–Crippen LogP) is 5.14. The average Bonchev–Trinajstić information content (AvgIpc) is 2.94. The van der Waals surface area contributed by atoms with Crippen LogP contribution in [0.5, 0.6) is 0 Å². The number of fused-ring (bicyclic) bond motifs is 1. The van der Waals surface area contributed by atoms with Crippen molar-refractivity contribution in [3.63, 3.8) is 0 Å². The van der Waals surface area contributed by atoms with Gasteiger partial charge < -0.3 is 10.1 Å². The molecule has 0 saturated heterocycles. The smallest absolute Gasteiger partial charge is 0.307 e. The van der Waals surface area contributed by atoms with Crippen molar-refractivity contribution in [2.45, 2.75) is 13.3 Å². The Morgan fingerprint density at radius 2 is 2.10 bits per heavy atom. The number of carboxylic acids is 1. The highest BCUT2D eigenvalue weighted by Gasteiger charge is 2.19. The van der Waals surface area contributed by atoms with Crippen LogP contribution in [0.1, 0.15) is 10.4 Å². The molecular weight excluding hydrogens is 329 g/mol. The first kappa shape index (κ1) is 14.4. The van der Waals surface area contributed by atoms with Crippen LogP contribution in [0.4, 0.5) is 0 Å². The van der Waals surface area contributed by atoms with E-state index in [9.17, 15) is 9.90 Å². The van der Waals surface area contributed by atoms with Gasteiger partial charge in [-0.3, -0.25) is 4.79 Å². The van der Waals surface area contributed by atoms with Gasteiger partial charge in [0.05, 0.1) is 27.5 Å². The molecular formula is C15H11Cl2NO2S. The van der Waals surface area contributed by atoms with Crippen LogP contribution in [0, 0.1) is 6.92 Å². The number of thiophene rings is 1. The van der Waals surface area contributed by atoms with Gasteiger partial charge in [-0.05, 0) is 36.8 Å². The van der Waals surface area contributed by atoms with E-state index in [0.717, 1.165) is 26.4 Å². The molecule has 0 aliphatic carbocycles. The number of carbonyl (C=O) groups is 1. The molecule has 0 bridgehead atoms. The van der Waals surface area contributed by atoms with Crippen molar-refractivity contribution < 1.29 is 9.90 Å². The van der Waals surface area contributed by atoms with E-state index in [1.54, 1.807) is 23.5 Å². The van der Waals surface area contributed by atoms with Crippen molar-refractivity contribution in [1.29, 1.82) is 0 Å². The molecule has 1 aromatic carbocycles. The summed E-state index contributed by atoms with van der Waals surface area (Å²) in [5, 5.41) is 10.9. The summed E-state index contributed by atoms with van der Waals surface area (Å²) in [6, 6.07) is 7.38. The highest BCUT2D eigenvalue weighted by Crippen LogP contribution is 2.38. The molecule has 2 N–H and O–H groups in total. The molecule has 0 saturated carbocycles. The number of rotatable bonds is 3. The number of halogens is 2. The van der Waals surface area contributed by atoms with E-state index in [0.29, 0.717) is 15.6 Å². The topological polar surface area (TPSA) is 53.1 Å². The zero-order chi connectivity index (χ0) is 15.1. The van der Waals surface area contributed by atoms with Gasteiger partial charge in [0.1, 0.15) is 0 Å². The summed E-state index contributed by atoms with van der Waals surface area (Å²) in [6.45, 7) is 2.01. The highest BCUT2D eigenvalue weighted by molar-refractivity contribution is 7.15. The molecule has 108 valence electrons. The first-order valence-electron chi connectivity index (χ1n) is 6.24. The van der Waals surface area contributed by atoms with Crippen LogP contribution < -0.4 is 0 Å². The molecule has 0 unspecified atom stereocenters. The second-order valence-electron chi connectivity index (χ2n) is 4.77. The van der Waals surface area contributed by atoms with E-state index in [1.165, 1.54) is 0 Å². The lowest BCUT2D eigenvalue weighted by Gasteiger charge is -2.00. The molecule has 0 radical (unpaired) electrons. The van der Waals surface area contributed by atoms with E-state index in [4.69, 9.17) is 23.2 Å². The minimum absolute atomic E-state index is 0.0804. The largest absolute Gasteiger partial charge is 0.481 e. The highest BCUT2D eigenvalue weighted by atomic mass is 35.5. The number of aliphatic carboxylic acids is 1. The number of aryl methyl sites for hydroxylation is 1. The summed E-state index contributed by atoms with van der Waals surface area (Å²) < 4.78 is 0. The van der Waals surface area contributed by atoms with Crippen molar-refractivity contribution in [3.05, 3.63) is 44.8 Å². The fourth-order valence-electron chi connectivity index (χ4n) is 2.39. The van der Waals surface area contributed by atoms with E-state index in [2.05, 4.69) is 4.98 Å². The Labute approximate surface area is 135 Å². The molecule has 0 fully saturated rings. The molecule has 6 heteroatoms. The maximum atomic E-state index is 11.2. The Balaban J connectivity index is 2.32. The maximum absolute atomic E-state index is 11.2. The summed E-state index contributed by atoms with van der Waals surface area (Å²) in [5.74, 6) is -0.887. The van der Waals surface area contributed by atoms with Gasteiger partial charge in [-0.1, -0.05) is 23.2 Å². The fourth-order valence-corrected chi connectivity index (χ4v) is 3.82. The van der Waals surface area contributed by atoms with E-state index in [-0.39, 0.29) is 6.42 Å². The van der Waals surface area contributed by atoms with Crippen LogP contribution in [-0.4, -0.2) is 16.1 Å². The van der Waals surface area contributed by atoms with Crippen molar-refractivity contribution in [2.24, 2.45) is 0 Å². The van der Waals surface area contributed by atoms with Crippen molar-refractivity contribution >= 4 is 51.4 Å². The van der Waals surface area contributed by atoms with Crippen LogP contribution >= 0.6 is 34.5 Å². The number of carboxylic acid groups (broad SMARTS) is 1. The quantitative estimate of drug-likeness (QED) is 0.694. The molecule has 0 amide bonds. The third kappa shape index (κ3) is 2.67. The monoisotopic (exact) mass is 339 g/mol. The van der Waals surface area contributed by atoms with E-state index < -0.39 is 5.97 Å². The van der Waals surface area contributed by atoms with Crippen LogP contribution in [0.3, 0.4) is 0 Å². The summed E-state index contributed by atoms with van der Waals surface area (Å²) in [5.41, 5.74) is 2.23. The lowest BCUT2D eigenvalue weighted by atomic mass is 10.1. The number of hydrogen-bond acceptors (Lipinski definition) is 2. The second kappa shape index (κ2) is 5.37. The molecule has 2 aromatic heterocycles. The summed E-state index contributed by atoms with van der Waals surface area (Å²) >= 11 is 13.9. The first-order chi connectivity index (χ1) is 9.95. The molecule has 3 nitrogen and oxygen atoms in total. The molecule has 2 heterocycles. The second-order valence-corrected chi connectivity index (χ2v) is 6.90. The van der Waals surface area contributed by atoms with Gasteiger partial charge in [0.2, 0.25) is 0 Å². The molecule has 0 atom stereocenters. The standard InChI is InChI=1S/C15H11Cl2NO2S/c1-7-2-3-12(21-7)15-10(6-13(19)20)9-4-8(16)5-11(17)14(9)18-15/h2-5,18H,6H2,1H3,(H,19,20). The number of aromatic amines is 1. The predicted molar refractivity (Wildman–Crippen MR) is 87.7 cm³/mol. The SMILES string of the molecule is Cc1ccc(-c2[nH]c3c(Cl)cc(Cl)cc3c2CC(=O)O)s1. The van der Waals surface area contributed by atoms with E-state index >= 15 is 0 Å². The van der Waals surface area contributed by atoms with Crippen LogP contribution in [0.2, 0.25) is 10.0 Å². The van der Waals surface area contributed by atoms with Gasteiger partial charge in [0, 0.05) is 15.3 Å². The Hall–Kier alpha value is -1.49. The third-order valence-corrected chi connectivity index (χ3v) is 4.78. The Bertz CT molecular complexity index is 851. The maximum Gasteiger partial charge on any atom is 0.307 e. The van der Waals surface area contributed by atoms with Crippen molar-refractivity contribution in [2.75, 3.05) is 0 Å². The van der Waals surface area contributed by atoms with Crippen molar-refractivity contribution in [3.8, 4) is 10.6 Å². The Kier molecular flexibility index (Phi) is 3.69. The van der Waals surface area contributed by atoms with Gasteiger partial charge in [-0.2, -0.15) is 0 Å². The zero-order valence-electron chi connectivity index (χ0n) is 11.0. The van der Waals surface area contributed by atoms with Crippen LogP contribution in [0.25, 0.3) is 21.5 Å². The van der Waals surface area contributed by atoms with Gasteiger partial charge in [-0.15, -0.1) is 11.3 Å². The minimum Gasteiger partial charge on any atom is -0.481 e. The Morgan fingerprint density at radius 1 is 1.33 bits per heavy atom. The Morgan fingerprint density at radius 3 is 2.71 bits per heavy atom. The molecule has 0 aliphatic rings. The first-order valence-corrected chi connectivity index (χ1v) is 7.81. The van der Waals surface area contributed by atoms with Crippen LogP contribution in [-0.2, 0) is 11.2 Å². The number of hydrogen-bond donors (Lipinski definition) is 2. The van der Waals surface area contributed by atoms with Gasteiger partial charge >= 0.3 is 5.97 Å². The minimum atomic E-state index is -0.887. The zero-order valence-corrected chi connectivity index (χ0v) is 13.4. The van der Waals surface area contributed by atoms with Gasteiger partial charge in [0.15, 0.2) is 0 Å². The molecule has 3 aromatic rings. The number of nitrogens with one attached hydrogen (secondary N) is 1. The third-order valence-electron chi connectivity index (χ3n) is 3.25. The summed E-state index contributed by atoms with van der Waals surface area (Å²) in [4.78, 5) is 16.6. The normalized spacial score (nSPS) is 11.2. The molecule has 21 heavy (non-hydrogen) atoms. The fraction of sp³-hybridized carbons (Fsp3) is 0.133. The van der Waals surface area contributed by atoms with Crippen LogP contribution in [0.15, 0.2) is 24.3 Å². The average molecular weight is 340 g/mol. The summed E-state index contributed by atoms with van der Waals surface area (Å²) in [6.07, 6.45) is -0.0804. The number of benzene rings is 1. The number of H-pyrrole nitrogens is 1. The van der Waals surface area contributed by atoms with Gasteiger partial charge in [-0.25, -0.2) is 0 Å². The molecule has 0 spiro atoms. The van der Waals surface area contributed by atoms with Gasteiger partial charge in [0.25, 0.3) is 0 Å². The lowest BCUT2D eigenvalue weighted by Crippen LogP contribution is -2.00. The summed E-state index contributed by atoms with van der Waals surface area (Å²) in [7, 11) is 0. The van der Waals surface area contributed by atoms with E-state index in [1.807, 2.05) is 19.1 Å². The molecule has 0 aliphatic heterocycles. The van der Waals surface area contributed by atoms with Crippen molar-refractivity contribution in [1.82, 2.24) is 4.98 Å². The number of aromatic nitrogens is 1. The molecule has 3 rings (SSSR count). The lowest BCUT2D eigenvalue weighted by molar-refractivity contribution is -0.136.